The van der Waals surface area contributed by atoms with Crippen LogP contribution in [0.2, 0.25) is 0 Å². The molecule has 2 atom stereocenters. The minimum Gasteiger partial charge on any atom is -0.480 e. The van der Waals surface area contributed by atoms with E-state index in [2.05, 4.69) is 20.4 Å². The third-order valence-corrected chi connectivity index (χ3v) is 6.48. The molecule has 1 aromatic carbocycles. The SMILES string of the molecule is COc1ncc(-c2cc(C(F)(F)F)c3c(N)ncnn23)cc1C(=O)N[C@@H]1CN(C(=O)c2cc(F)ccc2F)C[C@@H]1F. The van der Waals surface area contributed by atoms with Crippen LogP contribution >= 0.6 is 0 Å². The van der Waals surface area contributed by atoms with Crippen LogP contribution in [0.4, 0.5) is 32.2 Å². The molecule has 1 aliphatic heterocycles. The predicted octanol–water partition coefficient (Wildman–Crippen LogP) is 3.27. The number of carbonyl (C=O) groups is 2. The molecule has 41 heavy (non-hydrogen) atoms. The van der Waals surface area contributed by atoms with Gasteiger partial charge in [0.1, 0.15) is 35.2 Å². The average Bonchev–Trinajstić information content (AvgIpc) is 3.51. The summed E-state index contributed by atoms with van der Waals surface area (Å²) in [6, 6.07) is 2.98. The first-order valence-electron chi connectivity index (χ1n) is 11.8. The molecule has 0 unspecified atom stereocenters. The van der Waals surface area contributed by atoms with Crippen molar-refractivity contribution < 1.29 is 40.7 Å². The van der Waals surface area contributed by atoms with Gasteiger partial charge in [-0.25, -0.2) is 27.7 Å². The predicted molar refractivity (Wildman–Crippen MR) is 131 cm³/mol. The Bertz CT molecular complexity index is 1680. The summed E-state index contributed by atoms with van der Waals surface area (Å²) in [5, 5.41) is 6.26. The lowest BCUT2D eigenvalue weighted by atomic mass is 10.1. The highest BCUT2D eigenvalue weighted by Gasteiger charge is 2.39. The Morgan fingerprint density at radius 1 is 1.10 bits per heavy atom. The van der Waals surface area contributed by atoms with Crippen LogP contribution in [0.5, 0.6) is 5.88 Å². The fraction of sp³-hybridized carbons (Fsp3) is 0.240. The van der Waals surface area contributed by atoms with Crippen LogP contribution in [-0.4, -0.2) is 68.7 Å². The fourth-order valence-electron chi connectivity index (χ4n) is 4.55. The molecule has 2 amide bonds. The summed E-state index contributed by atoms with van der Waals surface area (Å²) >= 11 is 0. The van der Waals surface area contributed by atoms with Gasteiger partial charge in [-0.05, 0) is 30.3 Å². The van der Waals surface area contributed by atoms with Gasteiger partial charge < -0.3 is 20.7 Å². The minimum atomic E-state index is -4.81. The number of alkyl halides is 4. The normalized spacial score (nSPS) is 17.2. The number of likely N-dealkylation sites (tertiary alicyclic amines) is 1. The number of nitrogens with one attached hydrogen (secondary N) is 1. The number of amides is 2. The van der Waals surface area contributed by atoms with Crippen LogP contribution in [0.3, 0.4) is 0 Å². The van der Waals surface area contributed by atoms with Crippen LogP contribution in [0, 0.1) is 11.6 Å². The van der Waals surface area contributed by atoms with Gasteiger partial charge in [-0.2, -0.15) is 18.3 Å². The van der Waals surface area contributed by atoms with E-state index in [-0.39, 0.29) is 29.2 Å². The summed E-state index contributed by atoms with van der Waals surface area (Å²) in [5.41, 5.74) is 3.11. The number of aromatic nitrogens is 4. The number of benzene rings is 1. The van der Waals surface area contributed by atoms with Gasteiger partial charge >= 0.3 is 6.18 Å². The Labute approximate surface area is 226 Å². The zero-order valence-electron chi connectivity index (χ0n) is 20.9. The van der Waals surface area contributed by atoms with E-state index in [1.807, 2.05) is 0 Å². The lowest BCUT2D eigenvalue weighted by Crippen LogP contribution is -2.42. The van der Waals surface area contributed by atoms with Crippen LogP contribution in [0.25, 0.3) is 16.8 Å². The first-order chi connectivity index (χ1) is 19.4. The van der Waals surface area contributed by atoms with E-state index < -0.39 is 70.8 Å². The Kier molecular flexibility index (Phi) is 6.92. The maximum absolute atomic E-state index is 14.9. The van der Waals surface area contributed by atoms with Gasteiger partial charge in [0.05, 0.1) is 36.5 Å². The fourth-order valence-corrected chi connectivity index (χ4v) is 4.55. The van der Waals surface area contributed by atoms with Crippen molar-refractivity contribution in [2.45, 2.75) is 18.4 Å². The number of rotatable bonds is 5. The molecule has 4 heterocycles. The van der Waals surface area contributed by atoms with Gasteiger partial charge in [0.25, 0.3) is 11.8 Å². The van der Waals surface area contributed by atoms with Gasteiger partial charge in [0.2, 0.25) is 5.88 Å². The van der Waals surface area contributed by atoms with Crippen molar-refractivity contribution in [1.29, 1.82) is 0 Å². The first kappa shape index (κ1) is 27.7. The molecule has 16 heteroatoms. The number of halogens is 6. The van der Waals surface area contributed by atoms with E-state index in [9.17, 15) is 35.9 Å². The van der Waals surface area contributed by atoms with Crippen LogP contribution < -0.4 is 15.8 Å². The van der Waals surface area contributed by atoms with Crippen molar-refractivity contribution in [1.82, 2.24) is 29.8 Å². The molecule has 0 spiro atoms. The van der Waals surface area contributed by atoms with E-state index in [1.165, 1.54) is 13.2 Å². The van der Waals surface area contributed by atoms with Gasteiger partial charge in [-0.1, -0.05) is 0 Å². The third-order valence-electron chi connectivity index (χ3n) is 6.48. The summed E-state index contributed by atoms with van der Waals surface area (Å²) in [7, 11) is 1.20. The molecule has 1 aliphatic rings. The number of nitrogen functional groups attached to an aromatic ring is 1. The molecule has 1 saturated heterocycles. The second-order valence-electron chi connectivity index (χ2n) is 9.06. The molecule has 0 aliphatic carbocycles. The number of hydrogen-bond donors (Lipinski definition) is 2. The second-order valence-corrected chi connectivity index (χ2v) is 9.06. The lowest BCUT2D eigenvalue weighted by Gasteiger charge is -2.18. The lowest BCUT2D eigenvalue weighted by molar-refractivity contribution is -0.136. The smallest absolute Gasteiger partial charge is 0.418 e. The number of nitrogens with zero attached hydrogens (tertiary/aromatic N) is 5. The highest BCUT2D eigenvalue weighted by atomic mass is 19.4. The number of anilines is 1. The highest BCUT2D eigenvalue weighted by molar-refractivity contribution is 5.98. The van der Waals surface area contributed by atoms with E-state index >= 15 is 0 Å². The van der Waals surface area contributed by atoms with E-state index in [0.29, 0.717) is 6.07 Å². The van der Waals surface area contributed by atoms with Crippen molar-refractivity contribution in [3.8, 4) is 17.1 Å². The van der Waals surface area contributed by atoms with Crippen molar-refractivity contribution >= 4 is 23.1 Å². The number of nitrogens with two attached hydrogens (primary N) is 1. The van der Waals surface area contributed by atoms with Gasteiger partial charge in [-0.3, -0.25) is 9.59 Å². The maximum atomic E-state index is 14.9. The summed E-state index contributed by atoms with van der Waals surface area (Å²) in [4.78, 5) is 34.4. The zero-order chi connectivity index (χ0) is 29.6. The van der Waals surface area contributed by atoms with Gasteiger partial charge in [-0.15, -0.1) is 0 Å². The number of methoxy groups -OCH3 is 1. The van der Waals surface area contributed by atoms with Gasteiger partial charge in [0, 0.05) is 18.3 Å². The van der Waals surface area contributed by atoms with Gasteiger partial charge in [0.15, 0.2) is 5.82 Å². The highest BCUT2D eigenvalue weighted by Crippen LogP contribution is 2.39. The molecule has 0 radical (unpaired) electrons. The van der Waals surface area contributed by atoms with E-state index in [4.69, 9.17) is 10.5 Å². The summed E-state index contributed by atoms with van der Waals surface area (Å²) in [6.45, 7) is -0.877. The molecule has 214 valence electrons. The number of carbonyl (C=O) groups excluding carboxylic acids is 2. The van der Waals surface area contributed by atoms with Crippen molar-refractivity contribution in [2.75, 3.05) is 25.9 Å². The molecule has 1 fully saturated rings. The van der Waals surface area contributed by atoms with Crippen molar-refractivity contribution in [3.63, 3.8) is 0 Å². The Hall–Kier alpha value is -4.89. The largest absolute Gasteiger partial charge is 0.480 e. The molecule has 0 saturated carbocycles. The minimum absolute atomic E-state index is 0.0150. The van der Waals surface area contributed by atoms with Crippen LogP contribution in [0.15, 0.2) is 42.9 Å². The van der Waals surface area contributed by atoms with Crippen LogP contribution in [-0.2, 0) is 6.18 Å². The molecular formula is C25H19F6N7O3. The summed E-state index contributed by atoms with van der Waals surface area (Å²) < 4.78 is 89.7. The zero-order valence-corrected chi connectivity index (χ0v) is 20.9. The standard InChI is InChI=1S/C25H19F6N7O3/c1-41-23-14(4-11(7-33-23)19-6-15(25(29,30)31)20-21(32)34-10-35-38(19)20)22(39)36-18-9-37(8-17(18)28)24(40)13-5-12(26)2-3-16(13)27/h2-7,10,17-18H,8-9H2,1H3,(H,36,39)(H2,32,34,35)/t17-,18+/m0/s1. The summed E-state index contributed by atoms with van der Waals surface area (Å²) in [5.74, 6) is -4.38. The number of hydrogen-bond acceptors (Lipinski definition) is 7. The molecule has 3 N–H and O–H groups in total. The van der Waals surface area contributed by atoms with E-state index in [0.717, 1.165) is 40.1 Å². The summed E-state index contributed by atoms with van der Waals surface area (Å²) in [6.07, 6.45) is -4.47. The quantitative estimate of drug-likeness (QED) is 0.348. The Balaban J connectivity index is 1.44. The third kappa shape index (κ3) is 5.07. The Morgan fingerprint density at radius 2 is 1.85 bits per heavy atom. The molecule has 10 nitrogen and oxygen atoms in total. The molecule has 5 rings (SSSR count). The molecular weight excluding hydrogens is 560 g/mol. The van der Waals surface area contributed by atoms with Crippen molar-refractivity contribution in [3.05, 3.63) is 71.2 Å². The monoisotopic (exact) mass is 579 g/mol. The molecule has 0 bridgehead atoms. The number of pyridine rings is 1. The first-order valence-corrected chi connectivity index (χ1v) is 11.8. The Morgan fingerprint density at radius 3 is 2.56 bits per heavy atom. The van der Waals surface area contributed by atoms with Crippen LogP contribution in [0.1, 0.15) is 26.3 Å². The average molecular weight is 579 g/mol. The molecule has 3 aromatic heterocycles. The number of ether oxygens (including phenoxy) is 1. The van der Waals surface area contributed by atoms with Crippen molar-refractivity contribution in [2.24, 2.45) is 0 Å². The maximum Gasteiger partial charge on any atom is 0.418 e. The number of fused-ring (bicyclic) bond motifs is 1. The second kappa shape index (κ2) is 10.3. The topological polar surface area (TPSA) is 128 Å². The van der Waals surface area contributed by atoms with E-state index in [1.54, 1.807) is 0 Å². The molecule has 4 aromatic rings.